The second-order valence-corrected chi connectivity index (χ2v) is 3.75. The second kappa shape index (κ2) is 6.35. The van der Waals surface area contributed by atoms with Gasteiger partial charge < -0.3 is 15.0 Å². The Morgan fingerprint density at radius 1 is 1.54 bits per heavy atom. The summed E-state index contributed by atoms with van der Waals surface area (Å²) in [4.78, 5) is 2.35. The predicted octanol–water partition coefficient (Wildman–Crippen LogP) is 0.707. The maximum Gasteiger partial charge on any atom is 0.0593 e. The van der Waals surface area contributed by atoms with Gasteiger partial charge in [0.05, 0.1) is 6.61 Å². The van der Waals surface area contributed by atoms with E-state index in [0.29, 0.717) is 6.04 Å². The summed E-state index contributed by atoms with van der Waals surface area (Å²) in [6, 6.07) is 0.714. The molecule has 3 nitrogen and oxygen atoms in total. The van der Waals surface area contributed by atoms with Crippen molar-refractivity contribution in [3.05, 3.63) is 0 Å². The highest BCUT2D eigenvalue weighted by Crippen LogP contribution is 2.05. The van der Waals surface area contributed by atoms with Gasteiger partial charge >= 0.3 is 0 Å². The van der Waals surface area contributed by atoms with Gasteiger partial charge in [-0.25, -0.2) is 0 Å². The number of ether oxygens (including phenoxy) is 1. The summed E-state index contributed by atoms with van der Waals surface area (Å²) in [6.45, 7) is 7.14. The summed E-state index contributed by atoms with van der Waals surface area (Å²) >= 11 is 0. The third kappa shape index (κ3) is 4.60. The van der Waals surface area contributed by atoms with Gasteiger partial charge in [-0.2, -0.15) is 0 Å². The molecule has 0 amide bonds. The van der Waals surface area contributed by atoms with Crippen LogP contribution in [0.2, 0.25) is 0 Å². The van der Waals surface area contributed by atoms with E-state index in [1.54, 1.807) is 0 Å². The summed E-state index contributed by atoms with van der Waals surface area (Å²) in [6.07, 6.45) is 2.67. The lowest BCUT2D eigenvalue weighted by atomic mass is 10.2. The monoisotopic (exact) mass is 186 g/mol. The van der Waals surface area contributed by atoms with Crippen molar-refractivity contribution in [2.24, 2.45) is 0 Å². The highest BCUT2D eigenvalue weighted by atomic mass is 16.5. The first-order chi connectivity index (χ1) is 6.33. The molecule has 13 heavy (non-hydrogen) atoms. The molecule has 3 heteroatoms. The zero-order valence-corrected chi connectivity index (χ0v) is 8.88. The van der Waals surface area contributed by atoms with Crippen LogP contribution in [0.5, 0.6) is 0 Å². The van der Waals surface area contributed by atoms with Crippen molar-refractivity contribution in [3.8, 4) is 0 Å². The Balaban J connectivity index is 1.99. The van der Waals surface area contributed by atoms with Crippen molar-refractivity contribution in [2.45, 2.75) is 25.8 Å². The molecule has 1 atom stereocenters. The van der Waals surface area contributed by atoms with Gasteiger partial charge in [-0.05, 0) is 33.4 Å². The molecule has 1 aliphatic heterocycles. The lowest BCUT2D eigenvalue weighted by Crippen LogP contribution is -2.36. The summed E-state index contributed by atoms with van der Waals surface area (Å²) in [5, 5.41) is 3.50. The number of nitrogens with zero attached hydrogens (tertiary/aromatic N) is 1. The fourth-order valence-electron chi connectivity index (χ4n) is 1.74. The minimum atomic E-state index is 0.714. The quantitative estimate of drug-likeness (QED) is 0.618. The fourth-order valence-corrected chi connectivity index (χ4v) is 1.74. The van der Waals surface area contributed by atoms with Crippen molar-refractivity contribution in [2.75, 3.05) is 39.9 Å². The van der Waals surface area contributed by atoms with Crippen LogP contribution in [-0.2, 0) is 4.74 Å². The van der Waals surface area contributed by atoms with E-state index in [9.17, 15) is 0 Å². The molecular weight excluding hydrogens is 164 g/mol. The number of rotatable bonds is 6. The number of hydrogen-bond acceptors (Lipinski definition) is 3. The topological polar surface area (TPSA) is 24.5 Å². The highest BCUT2D eigenvalue weighted by Gasteiger charge is 2.15. The Morgan fingerprint density at radius 2 is 2.38 bits per heavy atom. The van der Waals surface area contributed by atoms with E-state index in [2.05, 4.69) is 17.3 Å². The maximum atomic E-state index is 5.31. The molecule has 1 N–H and O–H groups in total. The van der Waals surface area contributed by atoms with Crippen LogP contribution >= 0.6 is 0 Å². The third-order valence-corrected chi connectivity index (χ3v) is 2.52. The molecule has 0 radical (unpaired) electrons. The number of hydrogen-bond donors (Lipinski definition) is 1. The number of nitrogens with one attached hydrogen (secondary N) is 1. The average molecular weight is 186 g/mol. The Labute approximate surface area is 81.4 Å². The first-order valence-electron chi connectivity index (χ1n) is 5.32. The van der Waals surface area contributed by atoms with E-state index in [1.165, 1.54) is 19.4 Å². The first kappa shape index (κ1) is 11.0. The van der Waals surface area contributed by atoms with Gasteiger partial charge in [0.2, 0.25) is 0 Å². The fraction of sp³-hybridized carbons (Fsp3) is 1.00. The summed E-state index contributed by atoms with van der Waals surface area (Å²) < 4.78 is 5.31. The van der Waals surface area contributed by atoms with E-state index >= 15 is 0 Å². The first-order valence-corrected chi connectivity index (χ1v) is 5.32. The molecule has 0 aliphatic carbocycles. The molecular formula is C10H22N2O. The maximum absolute atomic E-state index is 5.31. The molecule has 0 aromatic rings. The van der Waals surface area contributed by atoms with E-state index in [4.69, 9.17) is 4.74 Å². The van der Waals surface area contributed by atoms with E-state index in [-0.39, 0.29) is 0 Å². The molecule has 1 heterocycles. The van der Waals surface area contributed by atoms with Gasteiger partial charge in [0.25, 0.3) is 0 Å². The van der Waals surface area contributed by atoms with Crippen LogP contribution < -0.4 is 5.32 Å². The minimum Gasteiger partial charge on any atom is -0.380 e. The van der Waals surface area contributed by atoms with Crippen LogP contribution in [0.25, 0.3) is 0 Å². The van der Waals surface area contributed by atoms with E-state index in [1.807, 2.05) is 6.92 Å². The van der Waals surface area contributed by atoms with Gasteiger partial charge in [-0.1, -0.05) is 0 Å². The molecule has 0 bridgehead atoms. The molecule has 78 valence electrons. The molecule has 1 saturated heterocycles. The normalized spacial score (nSPS) is 22.8. The zero-order valence-electron chi connectivity index (χ0n) is 8.88. The average Bonchev–Trinajstić information content (AvgIpc) is 2.57. The van der Waals surface area contributed by atoms with Crippen LogP contribution in [0, 0.1) is 0 Å². The van der Waals surface area contributed by atoms with Gasteiger partial charge in [-0.15, -0.1) is 0 Å². The number of likely N-dealkylation sites (N-methyl/N-ethyl adjacent to an activating group) is 1. The van der Waals surface area contributed by atoms with Crippen LogP contribution in [0.15, 0.2) is 0 Å². The second-order valence-electron chi connectivity index (χ2n) is 3.75. The van der Waals surface area contributed by atoms with Crippen molar-refractivity contribution in [1.82, 2.24) is 10.2 Å². The third-order valence-electron chi connectivity index (χ3n) is 2.52. The molecule has 0 spiro atoms. The molecule has 1 aliphatic rings. The van der Waals surface area contributed by atoms with E-state index in [0.717, 1.165) is 26.3 Å². The van der Waals surface area contributed by atoms with Crippen LogP contribution in [0.4, 0.5) is 0 Å². The predicted molar refractivity (Wildman–Crippen MR) is 55.0 cm³/mol. The molecule has 0 unspecified atom stereocenters. The molecule has 1 rings (SSSR count). The summed E-state index contributed by atoms with van der Waals surface area (Å²) in [5.41, 5.74) is 0. The summed E-state index contributed by atoms with van der Waals surface area (Å²) in [7, 11) is 2.17. The SMILES string of the molecule is CCOCCN(C)C[C@@H]1CCCN1. The highest BCUT2D eigenvalue weighted by molar-refractivity contribution is 4.76. The lowest BCUT2D eigenvalue weighted by molar-refractivity contribution is 0.119. The Morgan fingerprint density at radius 3 is 3.00 bits per heavy atom. The Kier molecular flexibility index (Phi) is 5.35. The van der Waals surface area contributed by atoms with Crippen LogP contribution in [0.1, 0.15) is 19.8 Å². The van der Waals surface area contributed by atoms with Crippen molar-refractivity contribution in [3.63, 3.8) is 0 Å². The Bertz CT molecular complexity index is 124. The molecule has 0 saturated carbocycles. The van der Waals surface area contributed by atoms with Crippen molar-refractivity contribution < 1.29 is 4.74 Å². The molecule has 0 aromatic carbocycles. The van der Waals surface area contributed by atoms with Gasteiger partial charge in [0.15, 0.2) is 0 Å². The lowest BCUT2D eigenvalue weighted by Gasteiger charge is -2.20. The van der Waals surface area contributed by atoms with Crippen molar-refractivity contribution in [1.29, 1.82) is 0 Å². The minimum absolute atomic E-state index is 0.714. The van der Waals surface area contributed by atoms with Gasteiger partial charge in [-0.3, -0.25) is 0 Å². The van der Waals surface area contributed by atoms with Gasteiger partial charge in [0, 0.05) is 25.7 Å². The van der Waals surface area contributed by atoms with Crippen LogP contribution in [-0.4, -0.2) is 50.8 Å². The van der Waals surface area contributed by atoms with E-state index < -0.39 is 0 Å². The smallest absolute Gasteiger partial charge is 0.0593 e. The Hall–Kier alpha value is -0.120. The standard InChI is InChI=1S/C10H22N2O/c1-3-13-8-7-12(2)9-10-5-4-6-11-10/h10-11H,3-9H2,1-2H3/t10-/m0/s1. The summed E-state index contributed by atoms with van der Waals surface area (Å²) in [5.74, 6) is 0. The molecule has 0 aromatic heterocycles. The van der Waals surface area contributed by atoms with Crippen molar-refractivity contribution >= 4 is 0 Å². The van der Waals surface area contributed by atoms with Gasteiger partial charge in [0.1, 0.15) is 0 Å². The molecule has 1 fully saturated rings. The zero-order chi connectivity index (χ0) is 9.52. The largest absolute Gasteiger partial charge is 0.380 e. The van der Waals surface area contributed by atoms with Crippen LogP contribution in [0.3, 0.4) is 0 Å².